The lowest BCUT2D eigenvalue weighted by molar-refractivity contribution is -0.133. The van der Waals surface area contributed by atoms with Crippen LogP contribution in [0.15, 0.2) is 18.3 Å². The highest BCUT2D eigenvalue weighted by Crippen LogP contribution is 2.23. The normalized spacial score (nSPS) is 19.7. The van der Waals surface area contributed by atoms with Gasteiger partial charge in [0, 0.05) is 33.4 Å². The first-order valence-electron chi connectivity index (χ1n) is 6.15. The van der Waals surface area contributed by atoms with E-state index in [1.807, 2.05) is 26.2 Å². The van der Waals surface area contributed by atoms with Gasteiger partial charge in [-0.25, -0.2) is 4.98 Å². The van der Waals surface area contributed by atoms with E-state index < -0.39 is 0 Å². The molecule has 1 unspecified atom stereocenters. The zero-order chi connectivity index (χ0) is 13.1. The molecule has 1 atom stereocenters. The molecule has 1 fully saturated rings. The Balaban J connectivity index is 2.07. The minimum atomic E-state index is 0.0752. The molecule has 5 heteroatoms. The van der Waals surface area contributed by atoms with Gasteiger partial charge in [0.2, 0.25) is 5.91 Å². The second-order valence-corrected chi connectivity index (χ2v) is 5.29. The Labute approximate surface area is 113 Å². The highest BCUT2D eigenvalue weighted by Gasteiger charge is 2.27. The molecule has 1 aromatic heterocycles. The van der Waals surface area contributed by atoms with Crippen molar-refractivity contribution in [3.8, 4) is 0 Å². The average Bonchev–Trinajstić information content (AvgIpc) is 2.38. The fourth-order valence-corrected chi connectivity index (χ4v) is 2.42. The lowest BCUT2D eigenvalue weighted by atomic mass is 9.97. The van der Waals surface area contributed by atoms with Gasteiger partial charge in [-0.15, -0.1) is 0 Å². The summed E-state index contributed by atoms with van der Waals surface area (Å²) in [5, 5.41) is 0.636. The molecule has 0 spiro atoms. The van der Waals surface area contributed by atoms with Crippen LogP contribution in [0, 0.1) is 5.92 Å². The number of pyridine rings is 1. The number of carbonyl (C=O) groups is 1. The Bertz CT molecular complexity index is 419. The van der Waals surface area contributed by atoms with E-state index in [0.717, 1.165) is 31.7 Å². The summed E-state index contributed by atoms with van der Waals surface area (Å²) >= 11 is 5.83. The standard InChI is InChI=1S/C13H18ClN3O/c1-16(2)13(18)10-4-3-7-17(9-10)12-6-5-11(14)8-15-12/h5-6,8,10H,3-4,7,9H2,1-2H3. The van der Waals surface area contributed by atoms with Crippen LogP contribution in [0.5, 0.6) is 0 Å². The number of nitrogens with zero attached hydrogens (tertiary/aromatic N) is 3. The topological polar surface area (TPSA) is 36.4 Å². The third kappa shape index (κ3) is 2.93. The van der Waals surface area contributed by atoms with E-state index in [1.54, 1.807) is 11.1 Å². The van der Waals surface area contributed by atoms with Gasteiger partial charge in [0.1, 0.15) is 5.82 Å². The molecule has 0 aliphatic carbocycles. The van der Waals surface area contributed by atoms with Gasteiger partial charge in [-0.3, -0.25) is 4.79 Å². The van der Waals surface area contributed by atoms with Gasteiger partial charge in [0.25, 0.3) is 0 Å². The molecule has 1 aliphatic rings. The molecule has 98 valence electrons. The highest BCUT2D eigenvalue weighted by molar-refractivity contribution is 6.30. The molecule has 2 rings (SSSR count). The van der Waals surface area contributed by atoms with Crippen molar-refractivity contribution in [1.82, 2.24) is 9.88 Å². The molecule has 1 aliphatic heterocycles. The van der Waals surface area contributed by atoms with Crippen molar-refractivity contribution in [2.45, 2.75) is 12.8 Å². The number of piperidine rings is 1. The van der Waals surface area contributed by atoms with Crippen LogP contribution in [-0.2, 0) is 4.79 Å². The third-order valence-electron chi connectivity index (χ3n) is 3.25. The Kier molecular flexibility index (Phi) is 4.07. The SMILES string of the molecule is CN(C)C(=O)C1CCCN(c2ccc(Cl)cn2)C1. The third-order valence-corrected chi connectivity index (χ3v) is 3.47. The maximum Gasteiger partial charge on any atom is 0.226 e. The number of hydrogen-bond acceptors (Lipinski definition) is 3. The largest absolute Gasteiger partial charge is 0.356 e. The molecule has 1 amide bonds. The maximum absolute atomic E-state index is 12.0. The molecule has 4 nitrogen and oxygen atoms in total. The second kappa shape index (κ2) is 5.57. The Morgan fingerprint density at radius 3 is 2.89 bits per heavy atom. The number of amides is 1. The fraction of sp³-hybridized carbons (Fsp3) is 0.538. The monoisotopic (exact) mass is 267 g/mol. The average molecular weight is 268 g/mol. The number of anilines is 1. The van der Waals surface area contributed by atoms with Gasteiger partial charge in [0.15, 0.2) is 0 Å². The van der Waals surface area contributed by atoms with E-state index >= 15 is 0 Å². The van der Waals surface area contributed by atoms with Gasteiger partial charge in [0.05, 0.1) is 10.9 Å². The van der Waals surface area contributed by atoms with Crippen LogP contribution in [0.3, 0.4) is 0 Å². The molecule has 1 saturated heterocycles. The smallest absolute Gasteiger partial charge is 0.226 e. The number of halogens is 1. The Hall–Kier alpha value is -1.29. The van der Waals surface area contributed by atoms with Gasteiger partial charge < -0.3 is 9.80 Å². The maximum atomic E-state index is 12.0. The van der Waals surface area contributed by atoms with E-state index in [4.69, 9.17) is 11.6 Å². The number of aromatic nitrogens is 1. The summed E-state index contributed by atoms with van der Waals surface area (Å²) in [5.41, 5.74) is 0. The van der Waals surface area contributed by atoms with Crippen molar-refractivity contribution in [3.63, 3.8) is 0 Å². The fourth-order valence-electron chi connectivity index (χ4n) is 2.31. The van der Waals surface area contributed by atoms with Gasteiger partial charge in [-0.1, -0.05) is 11.6 Å². The zero-order valence-electron chi connectivity index (χ0n) is 10.8. The van der Waals surface area contributed by atoms with Crippen molar-refractivity contribution in [3.05, 3.63) is 23.4 Å². The summed E-state index contributed by atoms with van der Waals surface area (Å²) in [6.07, 6.45) is 3.63. The van der Waals surface area contributed by atoms with Crippen molar-refractivity contribution < 1.29 is 4.79 Å². The van der Waals surface area contributed by atoms with Gasteiger partial charge in [-0.2, -0.15) is 0 Å². The van der Waals surface area contributed by atoms with Crippen molar-refractivity contribution in [2.24, 2.45) is 5.92 Å². The molecule has 0 N–H and O–H groups in total. The Morgan fingerprint density at radius 2 is 2.28 bits per heavy atom. The van der Waals surface area contributed by atoms with E-state index in [0.29, 0.717) is 5.02 Å². The minimum absolute atomic E-state index is 0.0752. The van der Waals surface area contributed by atoms with E-state index in [9.17, 15) is 4.79 Å². The summed E-state index contributed by atoms with van der Waals surface area (Å²) in [5.74, 6) is 1.18. The first kappa shape index (κ1) is 13.1. The van der Waals surface area contributed by atoms with E-state index in [-0.39, 0.29) is 11.8 Å². The molecular formula is C13H18ClN3O. The second-order valence-electron chi connectivity index (χ2n) is 4.85. The number of carbonyl (C=O) groups excluding carboxylic acids is 1. The predicted octanol–water partition coefficient (Wildman–Crippen LogP) is 2.04. The summed E-state index contributed by atoms with van der Waals surface area (Å²) in [4.78, 5) is 20.1. The molecular weight excluding hydrogens is 250 g/mol. The molecule has 18 heavy (non-hydrogen) atoms. The van der Waals surface area contributed by atoms with Crippen molar-refractivity contribution in [2.75, 3.05) is 32.1 Å². The minimum Gasteiger partial charge on any atom is -0.356 e. The molecule has 0 aromatic carbocycles. The molecule has 0 bridgehead atoms. The predicted molar refractivity (Wildman–Crippen MR) is 72.9 cm³/mol. The lowest BCUT2D eigenvalue weighted by Gasteiger charge is -2.33. The van der Waals surface area contributed by atoms with Crippen LogP contribution in [0.25, 0.3) is 0 Å². The summed E-state index contributed by atoms with van der Waals surface area (Å²) in [7, 11) is 3.61. The quantitative estimate of drug-likeness (QED) is 0.823. The summed E-state index contributed by atoms with van der Waals surface area (Å²) in [6, 6.07) is 3.74. The van der Waals surface area contributed by atoms with Gasteiger partial charge >= 0.3 is 0 Å². The van der Waals surface area contributed by atoms with Crippen LogP contribution >= 0.6 is 11.6 Å². The zero-order valence-corrected chi connectivity index (χ0v) is 11.5. The Morgan fingerprint density at radius 1 is 1.50 bits per heavy atom. The van der Waals surface area contributed by atoms with Crippen LogP contribution in [-0.4, -0.2) is 43.0 Å². The molecule has 1 aromatic rings. The molecule has 2 heterocycles. The molecule has 0 radical (unpaired) electrons. The van der Waals surface area contributed by atoms with E-state index in [1.165, 1.54) is 0 Å². The number of rotatable bonds is 2. The van der Waals surface area contributed by atoms with Gasteiger partial charge in [-0.05, 0) is 25.0 Å². The van der Waals surface area contributed by atoms with Crippen molar-refractivity contribution in [1.29, 1.82) is 0 Å². The first-order valence-corrected chi connectivity index (χ1v) is 6.53. The summed E-state index contributed by atoms with van der Waals surface area (Å²) in [6.45, 7) is 1.69. The first-order chi connectivity index (χ1) is 8.58. The summed E-state index contributed by atoms with van der Waals surface area (Å²) < 4.78 is 0. The number of hydrogen-bond donors (Lipinski definition) is 0. The molecule has 0 saturated carbocycles. The van der Waals surface area contributed by atoms with Crippen LogP contribution in [0.4, 0.5) is 5.82 Å². The lowest BCUT2D eigenvalue weighted by Crippen LogP contribution is -2.43. The highest BCUT2D eigenvalue weighted by atomic mass is 35.5. The van der Waals surface area contributed by atoms with E-state index in [2.05, 4.69) is 9.88 Å². The van der Waals surface area contributed by atoms with Crippen LogP contribution in [0.2, 0.25) is 5.02 Å². The van der Waals surface area contributed by atoms with Crippen LogP contribution in [0.1, 0.15) is 12.8 Å². The van der Waals surface area contributed by atoms with Crippen LogP contribution < -0.4 is 4.90 Å². The van der Waals surface area contributed by atoms with Crippen molar-refractivity contribution >= 4 is 23.3 Å².